The molecule has 0 atom stereocenters. The maximum atomic E-state index is 12.4. The highest BCUT2D eigenvalue weighted by Gasteiger charge is 2.24. The van der Waals surface area contributed by atoms with E-state index in [1.165, 1.54) is 16.1 Å². The molecule has 3 aromatic rings. The first-order chi connectivity index (χ1) is 13.2. The van der Waals surface area contributed by atoms with Gasteiger partial charge in [-0.15, -0.1) is 11.3 Å². The Morgan fingerprint density at radius 2 is 1.82 bits per heavy atom. The van der Waals surface area contributed by atoms with Crippen molar-refractivity contribution in [1.29, 1.82) is 0 Å². The molecule has 0 fully saturated rings. The average molecular weight is 395 g/mol. The van der Waals surface area contributed by atoms with E-state index in [0.29, 0.717) is 5.56 Å². The van der Waals surface area contributed by atoms with Crippen LogP contribution < -0.4 is 5.73 Å². The number of hydrogen-bond acceptors (Lipinski definition) is 2. The van der Waals surface area contributed by atoms with Crippen molar-refractivity contribution < 1.29 is 4.79 Å². The first-order valence-corrected chi connectivity index (χ1v) is 10.8. The predicted octanol–water partition coefficient (Wildman–Crippen LogP) is 5.73. The molecule has 2 heterocycles. The second-order valence-corrected chi connectivity index (χ2v) is 9.34. The molecule has 0 saturated carbocycles. The fourth-order valence-corrected chi connectivity index (χ4v) is 4.59. The number of benzene rings is 1. The van der Waals surface area contributed by atoms with Gasteiger partial charge in [-0.25, -0.2) is 0 Å². The minimum atomic E-state index is -0.350. The summed E-state index contributed by atoms with van der Waals surface area (Å²) in [6.45, 7) is 11.6. The number of hydrogen-bond donors (Lipinski definition) is 1. The summed E-state index contributed by atoms with van der Waals surface area (Å²) >= 11 is 1.77. The molecular weight excluding hydrogens is 364 g/mol. The van der Waals surface area contributed by atoms with Crippen LogP contribution in [0.1, 0.15) is 59.9 Å². The molecule has 28 heavy (non-hydrogen) atoms. The Balaban J connectivity index is 2.08. The van der Waals surface area contributed by atoms with Crippen molar-refractivity contribution in [3.8, 4) is 11.1 Å². The number of aromatic nitrogens is 1. The second-order valence-electron chi connectivity index (χ2n) is 8.31. The van der Waals surface area contributed by atoms with Gasteiger partial charge in [0.25, 0.3) is 5.91 Å². The van der Waals surface area contributed by atoms with E-state index < -0.39 is 0 Å². The number of carbonyl (C=O) groups is 1. The third-order valence-electron chi connectivity index (χ3n) is 5.41. The third kappa shape index (κ3) is 3.93. The van der Waals surface area contributed by atoms with Crippen molar-refractivity contribution in [2.24, 2.45) is 5.73 Å². The van der Waals surface area contributed by atoms with Crippen LogP contribution in [0, 0.1) is 6.92 Å². The summed E-state index contributed by atoms with van der Waals surface area (Å²) in [6.07, 6.45) is 1.82. The van der Waals surface area contributed by atoms with E-state index in [1.807, 2.05) is 6.92 Å². The van der Waals surface area contributed by atoms with Crippen LogP contribution in [0.3, 0.4) is 0 Å². The molecule has 0 unspecified atom stereocenters. The molecule has 1 amide bonds. The highest BCUT2D eigenvalue weighted by Crippen LogP contribution is 2.35. The van der Waals surface area contributed by atoms with E-state index in [-0.39, 0.29) is 11.3 Å². The predicted molar refractivity (Wildman–Crippen MR) is 119 cm³/mol. The van der Waals surface area contributed by atoms with Crippen LogP contribution in [0.25, 0.3) is 11.1 Å². The molecule has 148 valence electrons. The van der Waals surface area contributed by atoms with Crippen LogP contribution in [0.2, 0.25) is 0 Å². The Hall–Kier alpha value is -2.33. The van der Waals surface area contributed by atoms with Crippen LogP contribution in [0.15, 0.2) is 41.8 Å². The molecule has 0 aliphatic rings. The lowest BCUT2D eigenvalue weighted by atomic mass is 9.86. The van der Waals surface area contributed by atoms with Gasteiger partial charge in [0.1, 0.15) is 0 Å². The average Bonchev–Trinajstić information content (AvgIpc) is 3.25. The number of amides is 1. The number of nitrogens with two attached hydrogens (primary N) is 1. The standard InChI is InChI=1S/C24H30N2OS/c1-6-20-22(17-9-11-18(12-10-17)24(3,4)5)21(23(25)27)16(2)26(20)14-13-19-8-7-15-28-19/h7-12,15H,6,13-14H2,1-5H3,(H2,25,27). The molecule has 0 saturated heterocycles. The van der Waals surface area contributed by atoms with Gasteiger partial charge in [0.05, 0.1) is 5.56 Å². The summed E-state index contributed by atoms with van der Waals surface area (Å²) in [6, 6.07) is 12.8. The van der Waals surface area contributed by atoms with Gasteiger partial charge in [0.2, 0.25) is 0 Å². The number of rotatable bonds is 6. The quantitative estimate of drug-likeness (QED) is 0.570. The van der Waals surface area contributed by atoms with Gasteiger partial charge in [-0.2, -0.15) is 0 Å². The lowest BCUT2D eigenvalue weighted by Crippen LogP contribution is -2.14. The Bertz CT molecular complexity index is 958. The van der Waals surface area contributed by atoms with Gasteiger partial charge in [0, 0.05) is 28.4 Å². The molecule has 4 heteroatoms. The van der Waals surface area contributed by atoms with Gasteiger partial charge >= 0.3 is 0 Å². The highest BCUT2D eigenvalue weighted by atomic mass is 32.1. The second kappa shape index (κ2) is 7.96. The summed E-state index contributed by atoms with van der Waals surface area (Å²) in [4.78, 5) is 13.7. The topological polar surface area (TPSA) is 48.0 Å². The van der Waals surface area contributed by atoms with Crippen LogP contribution in [0.4, 0.5) is 0 Å². The largest absolute Gasteiger partial charge is 0.366 e. The van der Waals surface area contributed by atoms with E-state index in [2.05, 4.69) is 74.0 Å². The molecule has 0 bridgehead atoms. The normalized spacial score (nSPS) is 11.8. The number of aryl methyl sites for hydroxylation is 1. The molecule has 2 aromatic heterocycles. The maximum absolute atomic E-state index is 12.4. The zero-order chi connectivity index (χ0) is 20.5. The van der Waals surface area contributed by atoms with Crippen molar-refractivity contribution in [2.75, 3.05) is 0 Å². The van der Waals surface area contributed by atoms with Gasteiger partial charge < -0.3 is 10.3 Å². The van der Waals surface area contributed by atoms with E-state index in [1.54, 1.807) is 11.3 Å². The van der Waals surface area contributed by atoms with Gasteiger partial charge in [-0.3, -0.25) is 4.79 Å². The van der Waals surface area contributed by atoms with Crippen LogP contribution >= 0.6 is 11.3 Å². The molecule has 0 aliphatic carbocycles. The fraction of sp³-hybridized carbons (Fsp3) is 0.375. The summed E-state index contributed by atoms with van der Waals surface area (Å²) < 4.78 is 2.28. The summed E-state index contributed by atoms with van der Waals surface area (Å²) in [5, 5.41) is 2.11. The number of thiophene rings is 1. The molecule has 1 aromatic carbocycles. The van der Waals surface area contributed by atoms with Crippen molar-refractivity contribution in [2.45, 2.75) is 59.4 Å². The minimum Gasteiger partial charge on any atom is -0.366 e. The van der Waals surface area contributed by atoms with E-state index >= 15 is 0 Å². The SMILES string of the molecule is CCc1c(-c2ccc(C(C)(C)C)cc2)c(C(N)=O)c(C)n1CCc1cccs1. The summed E-state index contributed by atoms with van der Waals surface area (Å²) in [5.74, 6) is -0.350. The Kier molecular flexibility index (Phi) is 5.80. The lowest BCUT2D eigenvalue weighted by molar-refractivity contribution is 0.1000. The van der Waals surface area contributed by atoms with E-state index in [4.69, 9.17) is 5.73 Å². The first kappa shape index (κ1) is 20.4. The molecule has 3 rings (SSSR count). The number of carbonyl (C=O) groups excluding carboxylic acids is 1. The number of nitrogens with zero attached hydrogens (tertiary/aromatic N) is 1. The molecule has 0 radical (unpaired) electrons. The van der Waals surface area contributed by atoms with Crippen LogP contribution in [0.5, 0.6) is 0 Å². The Labute approximate surface area is 172 Å². The fourth-order valence-electron chi connectivity index (χ4n) is 3.89. The molecule has 0 aliphatic heterocycles. The van der Waals surface area contributed by atoms with E-state index in [9.17, 15) is 4.79 Å². The van der Waals surface area contributed by atoms with Gasteiger partial charge in [0.15, 0.2) is 0 Å². The van der Waals surface area contributed by atoms with Crippen LogP contribution in [-0.2, 0) is 24.8 Å². The number of primary amides is 1. The van der Waals surface area contributed by atoms with Gasteiger partial charge in [-0.1, -0.05) is 58.0 Å². The Morgan fingerprint density at radius 3 is 2.32 bits per heavy atom. The monoisotopic (exact) mass is 394 g/mol. The Morgan fingerprint density at radius 1 is 1.14 bits per heavy atom. The third-order valence-corrected chi connectivity index (χ3v) is 6.35. The molecular formula is C24H30N2OS. The smallest absolute Gasteiger partial charge is 0.251 e. The van der Waals surface area contributed by atoms with Crippen molar-refractivity contribution >= 4 is 17.2 Å². The van der Waals surface area contributed by atoms with Crippen molar-refractivity contribution in [3.05, 3.63) is 69.2 Å². The van der Waals surface area contributed by atoms with Crippen molar-refractivity contribution in [1.82, 2.24) is 4.57 Å². The molecule has 3 nitrogen and oxygen atoms in total. The van der Waals surface area contributed by atoms with Crippen LogP contribution in [-0.4, -0.2) is 10.5 Å². The van der Waals surface area contributed by atoms with Crippen molar-refractivity contribution in [3.63, 3.8) is 0 Å². The maximum Gasteiger partial charge on any atom is 0.251 e. The first-order valence-electron chi connectivity index (χ1n) is 9.89. The molecule has 2 N–H and O–H groups in total. The zero-order valence-corrected chi connectivity index (χ0v) is 18.3. The van der Waals surface area contributed by atoms with E-state index in [0.717, 1.165) is 36.2 Å². The summed E-state index contributed by atoms with van der Waals surface area (Å²) in [7, 11) is 0. The minimum absolute atomic E-state index is 0.0984. The summed E-state index contributed by atoms with van der Waals surface area (Å²) in [5.41, 5.74) is 12.1. The highest BCUT2D eigenvalue weighted by molar-refractivity contribution is 7.09. The zero-order valence-electron chi connectivity index (χ0n) is 17.5. The van der Waals surface area contributed by atoms with Gasteiger partial charge in [-0.05, 0) is 47.8 Å². The molecule has 0 spiro atoms. The lowest BCUT2D eigenvalue weighted by Gasteiger charge is -2.19.